The summed E-state index contributed by atoms with van der Waals surface area (Å²) >= 11 is 9.35. The number of rotatable bonds is 4. The van der Waals surface area contributed by atoms with Gasteiger partial charge in [0, 0.05) is 15.1 Å². The van der Waals surface area contributed by atoms with Crippen molar-refractivity contribution >= 4 is 45.3 Å². The fourth-order valence-corrected chi connectivity index (χ4v) is 4.51. The number of hydrogen-bond acceptors (Lipinski definition) is 3. The third-order valence-electron chi connectivity index (χ3n) is 5.63. The van der Waals surface area contributed by atoms with Crippen molar-refractivity contribution in [3.05, 3.63) is 69.2 Å². The van der Waals surface area contributed by atoms with Crippen LogP contribution in [0.15, 0.2) is 53.0 Å². The Morgan fingerprint density at radius 3 is 2.07 bits per heavy atom. The lowest BCUT2D eigenvalue weighted by Crippen LogP contribution is -2.49. The quantitative estimate of drug-likeness (QED) is 0.595. The summed E-state index contributed by atoms with van der Waals surface area (Å²) < 4.78 is 0.913. The minimum atomic E-state index is -0.398. The van der Waals surface area contributed by atoms with Crippen molar-refractivity contribution in [3.63, 3.8) is 0 Å². The Hall–Kier alpha value is -2.18. The van der Waals surface area contributed by atoms with Crippen LogP contribution in [0.25, 0.3) is 0 Å². The standard InChI is InChI=1S/C22H20BrClN2O3/c23-16-9-5-14(6-10-16)13-25(20(27)15-7-11-17(24)12-8-15)26-21(28)18-3-1-2-4-19(18)22(26)29/h5-12,18-19H,1-4,13H2/t18-,19-/m1/s1. The fraction of sp³-hybridized carbons (Fsp3) is 0.318. The topological polar surface area (TPSA) is 57.7 Å². The van der Waals surface area contributed by atoms with Crippen LogP contribution in [-0.4, -0.2) is 27.7 Å². The van der Waals surface area contributed by atoms with E-state index in [4.69, 9.17) is 11.6 Å². The molecule has 2 atom stereocenters. The van der Waals surface area contributed by atoms with Crippen LogP contribution in [0.1, 0.15) is 41.6 Å². The van der Waals surface area contributed by atoms with E-state index in [2.05, 4.69) is 15.9 Å². The van der Waals surface area contributed by atoms with E-state index in [1.807, 2.05) is 24.3 Å². The zero-order chi connectivity index (χ0) is 20.5. The van der Waals surface area contributed by atoms with Crippen molar-refractivity contribution < 1.29 is 14.4 Å². The molecular weight excluding hydrogens is 456 g/mol. The molecule has 0 N–H and O–H groups in total. The third-order valence-corrected chi connectivity index (χ3v) is 6.41. The number of hydrazine groups is 1. The first-order chi connectivity index (χ1) is 14.0. The molecule has 1 saturated heterocycles. The van der Waals surface area contributed by atoms with Crippen LogP contribution in [-0.2, 0) is 16.1 Å². The van der Waals surface area contributed by atoms with E-state index in [0.29, 0.717) is 23.4 Å². The highest BCUT2D eigenvalue weighted by atomic mass is 79.9. The monoisotopic (exact) mass is 474 g/mol. The maximum Gasteiger partial charge on any atom is 0.273 e. The molecule has 0 aromatic heterocycles. The van der Waals surface area contributed by atoms with Gasteiger partial charge in [0.25, 0.3) is 17.7 Å². The first-order valence-electron chi connectivity index (χ1n) is 9.65. The van der Waals surface area contributed by atoms with E-state index in [-0.39, 0.29) is 30.2 Å². The lowest BCUT2D eigenvalue weighted by Gasteiger charge is -2.30. The van der Waals surface area contributed by atoms with E-state index in [1.165, 1.54) is 5.01 Å². The molecule has 1 aliphatic heterocycles. The number of halogens is 2. The normalized spacial score (nSPS) is 21.2. The largest absolute Gasteiger partial charge is 0.273 e. The Morgan fingerprint density at radius 2 is 1.52 bits per heavy atom. The highest BCUT2D eigenvalue weighted by molar-refractivity contribution is 9.10. The molecular formula is C22H20BrClN2O3. The second kappa shape index (κ2) is 8.28. The van der Waals surface area contributed by atoms with Gasteiger partial charge in [-0.1, -0.05) is 52.5 Å². The van der Waals surface area contributed by atoms with Crippen LogP contribution in [0.4, 0.5) is 0 Å². The number of imide groups is 1. The summed E-state index contributed by atoms with van der Waals surface area (Å²) in [6.07, 6.45) is 3.28. The molecule has 1 heterocycles. The van der Waals surface area contributed by atoms with Gasteiger partial charge in [-0.25, -0.2) is 5.01 Å². The molecule has 0 spiro atoms. The Kier molecular flexibility index (Phi) is 5.74. The minimum absolute atomic E-state index is 0.131. The van der Waals surface area contributed by atoms with Gasteiger partial charge in [0.2, 0.25) is 0 Å². The van der Waals surface area contributed by atoms with Crippen LogP contribution in [0.3, 0.4) is 0 Å². The smallest absolute Gasteiger partial charge is 0.272 e. The Labute approximate surface area is 182 Å². The fourth-order valence-electron chi connectivity index (χ4n) is 4.12. The highest BCUT2D eigenvalue weighted by Gasteiger charge is 2.51. The molecule has 2 aromatic carbocycles. The maximum atomic E-state index is 13.3. The summed E-state index contributed by atoms with van der Waals surface area (Å²) in [5, 5.41) is 2.90. The minimum Gasteiger partial charge on any atom is -0.272 e. The number of benzene rings is 2. The molecule has 0 unspecified atom stereocenters. The van der Waals surface area contributed by atoms with Gasteiger partial charge >= 0.3 is 0 Å². The van der Waals surface area contributed by atoms with Crippen LogP contribution in [0.2, 0.25) is 5.02 Å². The number of fused-ring (bicyclic) bond motifs is 1. The van der Waals surface area contributed by atoms with Crippen molar-refractivity contribution in [2.45, 2.75) is 32.2 Å². The van der Waals surface area contributed by atoms with Crippen molar-refractivity contribution in [2.24, 2.45) is 11.8 Å². The first kappa shape index (κ1) is 20.1. The highest BCUT2D eigenvalue weighted by Crippen LogP contribution is 2.39. The average molecular weight is 476 g/mol. The molecule has 5 nitrogen and oxygen atoms in total. The first-order valence-corrected chi connectivity index (χ1v) is 10.8. The van der Waals surface area contributed by atoms with Gasteiger partial charge < -0.3 is 0 Å². The van der Waals surface area contributed by atoms with Crippen molar-refractivity contribution in [3.8, 4) is 0 Å². The van der Waals surface area contributed by atoms with E-state index >= 15 is 0 Å². The van der Waals surface area contributed by atoms with E-state index < -0.39 is 5.91 Å². The number of hydrogen-bond donors (Lipinski definition) is 0. The predicted molar refractivity (Wildman–Crippen MR) is 113 cm³/mol. The second-order valence-corrected chi connectivity index (χ2v) is 8.83. The second-order valence-electron chi connectivity index (χ2n) is 7.48. The maximum absolute atomic E-state index is 13.3. The predicted octanol–water partition coefficient (Wildman–Crippen LogP) is 4.84. The number of carbonyl (C=O) groups is 3. The molecule has 2 aromatic rings. The summed E-state index contributed by atoms with van der Waals surface area (Å²) in [4.78, 5) is 39.6. The summed E-state index contributed by atoms with van der Waals surface area (Å²) in [5.74, 6) is -1.56. The SMILES string of the molecule is O=C(c1ccc(Cl)cc1)N(Cc1ccc(Br)cc1)N1C(=O)[C@@H]2CCCC[C@H]2C1=O. The summed E-state index contributed by atoms with van der Waals surface area (Å²) in [5.41, 5.74) is 1.20. The molecule has 3 amide bonds. The summed E-state index contributed by atoms with van der Waals surface area (Å²) in [6, 6.07) is 13.9. The average Bonchev–Trinajstić information content (AvgIpc) is 2.98. The van der Waals surface area contributed by atoms with Gasteiger partial charge in [0.1, 0.15) is 0 Å². The van der Waals surface area contributed by atoms with Crippen molar-refractivity contribution in [1.29, 1.82) is 0 Å². The van der Waals surface area contributed by atoms with Crippen LogP contribution < -0.4 is 0 Å². The lowest BCUT2D eigenvalue weighted by atomic mass is 9.81. The summed E-state index contributed by atoms with van der Waals surface area (Å²) in [6.45, 7) is 0.131. The Bertz CT molecular complexity index is 922. The van der Waals surface area contributed by atoms with E-state index in [1.54, 1.807) is 24.3 Å². The molecule has 0 radical (unpaired) electrons. The molecule has 7 heteroatoms. The Morgan fingerprint density at radius 1 is 0.966 bits per heavy atom. The molecule has 2 fully saturated rings. The lowest BCUT2D eigenvalue weighted by molar-refractivity contribution is -0.155. The van der Waals surface area contributed by atoms with Crippen LogP contribution >= 0.6 is 27.5 Å². The molecule has 150 valence electrons. The molecule has 29 heavy (non-hydrogen) atoms. The van der Waals surface area contributed by atoms with Gasteiger partial charge in [-0.2, -0.15) is 5.01 Å². The van der Waals surface area contributed by atoms with Gasteiger partial charge in [0.05, 0.1) is 18.4 Å². The number of nitrogens with zero attached hydrogens (tertiary/aromatic N) is 2. The summed E-state index contributed by atoms with van der Waals surface area (Å²) in [7, 11) is 0. The molecule has 2 aliphatic rings. The molecule has 0 bridgehead atoms. The van der Waals surface area contributed by atoms with Crippen molar-refractivity contribution in [1.82, 2.24) is 10.0 Å². The molecule has 4 rings (SSSR count). The van der Waals surface area contributed by atoms with Gasteiger partial charge in [-0.3, -0.25) is 14.4 Å². The Balaban J connectivity index is 1.70. The van der Waals surface area contributed by atoms with Gasteiger partial charge in [0.15, 0.2) is 0 Å². The van der Waals surface area contributed by atoms with E-state index in [0.717, 1.165) is 27.9 Å². The molecule has 1 aliphatic carbocycles. The van der Waals surface area contributed by atoms with Gasteiger partial charge in [-0.15, -0.1) is 0 Å². The zero-order valence-corrected chi connectivity index (χ0v) is 18.0. The van der Waals surface area contributed by atoms with Crippen LogP contribution in [0, 0.1) is 11.8 Å². The number of amides is 3. The van der Waals surface area contributed by atoms with Crippen LogP contribution in [0.5, 0.6) is 0 Å². The van der Waals surface area contributed by atoms with Crippen molar-refractivity contribution in [2.75, 3.05) is 0 Å². The van der Waals surface area contributed by atoms with E-state index in [9.17, 15) is 14.4 Å². The molecule has 1 saturated carbocycles. The third kappa shape index (κ3) is 3.96. The van der Waals surface area contributed by atoms with Gasteiger partial charge in [-0.05, 0) is 54.8 Å². The number of carbonyl (C=O) groups excluding carboxylic acids is 3. The zero-order valence-electron chi connectivity index (χ0n) is 15.7.